The number of thiazole rings is 1. The second-order valence-corrected chi connectivity index (χ2v) is 10.1. The van der Waals surface area contributed by atoms with E-state index in [0.29, 0.717) is 20.7 Å². The number of rotatable bonds is 4. The molecule has 3 rings (SSSR count). The van der Waals surface area contributed by atoms with Gasteiger partial charge in [0.15, 0.2) is 15.0 Å². The Hall–Kier alpha value is -1.67. The molecule has 0 aliphatic rings. The number of nitrogens with zero attached hydrogens (tertiary/aromatic N) is 1. The highest BCUT2D eigenvalue weighted by Crippen LogP contribution is 2.35. The summed E-state index contributed by atoms with van der Waals surface area (Å²) in [6.45, 7) is 3.19. The predicted octanol–water partition coefficient (Wildman–Crippen LogP) is 5.04. The first-order chi connectivity index (χ1) is 12.2. The Morgan fingerprint density at radius 1 is 1.19 bits per heavy atom. The number of carbonyl (C=O) groups is 1. The van der Waals surface area contributed by atoms with E-state index in [1.54, 1.807) is 38.1 Å². The number of carbonyl (C=O) groups excluding carboxylic acids is 1. The molecule has 0 aliphatic carbocycles. The van der Waals surface area contributed by atoms with Crippen LogP contribution in [-0.4, -0.2) is 24.6 Å². The van der Waals surface area contributed by atoms with Crippen molar-refractivity contribution in [3.63, 3.8) is 0 Å². The molecule has 0 spiro atoms. The van der Waals surface area contributed by atoms with Crippen molar-refractivity contribution in [2.75, 3.05) is 5.32 Å². The number of amides is 1. The molecule has 0 saturated heterocycles. The number of fused-ring (bicyclic) bond motifs is 1. The zero-order valence-electron chi connectivity index (χ0n) is 13.8. The van der Waals surface area contributed by atoms with Gasteiger partial charge in [-0.1, -0.05) is 40.6 Å². The standard InChI is InChI=1S/C17H14Cl2N2O3S2/c1-9(2)26(23,24)11-5-3-4-10(8-11)16(22)21-17-20-15-13(25-17)7-6-12(18)14(15)19/h3-9H,1-2H3,(H,20,21,22). The lowest BCUT2D eigenvalue weighted by molar-refractivity contribution is 0.102. The maximum Gasteiger partial charge on any atom is 0.257 e. The molecule has 9 heteroatoms. The first kappa shape index (κ1) is 19.1. The molecule has 1 aromatic heterocycles. The predicted molar refractivity (Wildman–Crippen MR) is 106 cm³/mol. The van der Waals surface area contributed by atoms with Gasteiger partial charge in [0, 0.05) is 5.56 Å². The SMILES string of the molecule is CC(C)S(=O)(=O)c1cccc(C(=O)Nc2nc3c(Cl)c(Cl)ccc3s2)c1. The lowest BCUT2D eigenvalue weighted by Crippen LogP contribution is -2.16. The number of nitrogens with one attached hydrogen (secondary N) is 1. The van der Waals surface area contributed by atoms with Crippen molar-refractivity contribution in [1.29, 1.82) is 0 Å². The Bertz CT molecular complexity index is 1110. The zero-order chi connectivity index (χ0) is 19.1. The van der Waals surface area contributed by atoms with Gasteiger partial charge in [-0.15, -0.1) is 0 Å². The molecule has 1 N–H and O–H groups in total. The monoisotopic (exact) mass is 428 g/mol. The molecule has 0 saturated carbocycles. The fraction of sp³-hybridized carbons (Fsp3) is 0.176. The van der Waals surface area contributed by atoms with Crippen LogP contribution in [0.15, 0.2) is 41.3 Å². The quantitative estimate of drug-likeness (QED) is 0.631. The summed E-state index contributed by atoms with van der Waals surface area (Å²) < 4.78 is 25.3. The van der Waals surface area contributed by atoms with Crippen LogP contribution in [0.25, 0.3) is 10.2 Å². The van der Waals surface area contributed by atoms with Crippen LogP contribution in [0, 0.1) is 0 Å². The number of sulfone groups is 1. The second-order valence-electron chi connectivity index (χ2n) is 5.80. The van der Waals surface area contributed by atoms with E-state index in [0.717, 1.165) is 4.70 Å². The van der Waals surface area contributed by atoms with E-state index in [2.05, 4.69) is 10.3 Å². The normalized spacial score (nSPS) is 11.9. The smallest absolute Gasteiger partial charge is 0.257 e. The number of hydrogen-bond donors (Lipinski definition) is 1. The van der Waals surface area contributed by atoms with Gasteiger partial charge in [-0.25, -0.2) is 13.4 Å². The third-order valence-electron chi connectivity index (χ3n) is 3.72. The van der Waals surface area contributed by atoms with E-state index in [-0.39, 0.29) is 10.5 Å². The number of halogens is 2. The number of aromatic nitrogens is 1. The van der Waals surface area contributed by atoms with Crippen LogP contribution in [-0.2, 0) is 9.84 Å². The third-order valence-corrected chi connectivity index (χ3v) is 7.60. The van der Waals surface area contributed by atoms with Crippen LogP contribution >= 0.6 is 34.5 Å². The maximum atomic E-state index is 12.5. The van der Waals surface area contributed by atoms with Crippen molar-refractivity contribution in [2.24, 2.45) is 0 Å². The van der Waals surface area contributed by atoms with Gasteiger partial charge in [0.25, 0.3) is 5.91 Å². The number of benzene rings is 2. The Kier molecular flexibility index (Phi) is 5.25. The second kappa shape index (κ2) is 7.15. The molecule has 1 amide bonds. The molecular formula is C17H14Cl2N2O3S2. The van der Waals surface area contributed by atoms with Gasteiger partial charge >= 0.3 is 0 Å². The molecule has 0 unspecified atom stereocenters. The van der Waals surface area contributed by atoms with Crippen molar-refractivity contribution >= 4 is 65.6 Å². The van der Waals surface area contributed by atoms with E-state index >= 15 is 0 Å². The first-order valence-corrected chi connectivity index (χ1v) is 10.7. The first-order valence-electron chi connectivity index (χ1n) is 7.60. The molecule has 0 fully saturated rings. The van der Waals surface area contributed by atoms with E-state index in [9.17, 15) is 13.2 Å². The number of hydrogen-bond acceptors (Lipinski definition) is 5. The summed E-state index contributed by atoms with van der Waals surface area (Å²) in [5.74, 6) is -0.452. The molecule has 136 valence electrons. The highest BCUT2D eigenvalue weighted by molar-refractivity contribution is 7.92. The lowest BCUT2D eigenvalue weighted by atomic mass is 10.2. The molecule has 0 aliphatic heterocycles. The maximum absolute atomic E-state index is 12.5. The van der Waals surface area contributed by atoms with Crippen molar-refractivity contribution in [1.82, 2.24) is 4.98 Å². The summed E-state index contributed by atoms with van der Waals surface area (Å²) >= 11 is 13.4. The molecule has 26 heavy (non-hydrogen) atoms. The Labute approximate surface area is 164 Å². The Morgan fingerprint density at radius 3 is 2.62 bits per heavy atom. The fourth-order valence-corrected chi connectivity index (χ4v) is 4.64. The minimum atomic E-state index is -3.46. The zero-order valence-corrected chi connectivity index (χ0v) is 16.9. The van der Waals surface area contributed by atoms with Gasteiger partial charge in [-0.05, 0) is 44.2 Å². The molecule has 3 aromatic rings. The molecule has 0 radical (unpaired) electrons. The van der Waals surface area contributed by atoms with Crippen LogP contribution in [0.3, 0.4) is 0 Å². The number of anilines is 1. The molecule has 0 atom stereocenters. The Morgan fingerprint density at radius 2 is 1.92 bits per heavy atom. The Balaban J connectivity index is 1.90. The van der Waals surface area contributed by atoms with Crippen molar-refractivity contribution in [3.05, 3.63) is 52.0 Å². The van der Waals surface area contributed by atoms with Gasteiger partial charge in [-0.3, -0.25) is 10.1 Å². The topological polar surface area (TPSA) is 76.1 Å². The van der Waals surface area contributed by atoms with Gasteiger partial charge < -0.3 is 0 Å². The minimum absolute atomic E-state index is 0.110. The summed E-state index contributed by atoms with van der Waals surface area (Å²) in [6, 6.07) is 9.36. The van der Waals surface area contributed by atoms with Gasteiger partial charge in [-0.2, -0.15) is 0 Å². The fourth-order valence-electron chi connectivity index (χ4n) is 2.25. The van der Waals surface area contributed by atoms with Crippen LogP contribution in [0.2, 0.25) is 10.0 Å². The molecule has 0 bridgehead atoms. The summed E-state index contributed by atoms with van der Waals surface area (Å²) in [6.07, 6.45) is 0. The highest BCUT2D eigenvalue weighted by Gasteiger charge is 2.21. The molecule has 1 heterocycles. The van der Waals surface area contributed by atoms with Crippen molar-refractivity contribution in [2.45, 2.75) is 24.0 Å². The third kappa shape index (κ3) is 3.57. The summed E-state index contributed by atoms with van der Waals surface area (Å²) in [7, 11) is -3.46. The largest absolute Gasteiger partial charge is 0.298 e. The van der Waals surface area contributed by atoms with Crippen molar-refractivity contribution in [3.8, 4) is 0 Å². The summed E-state index contributed by atoms with van der Waals surface area (Å²) in [4.78, 5) is 16.9. The highest BCUT2D eigenvalue weighted by atomic mass is 35.5. The van der Waals surface area contributed by atoms with Crippen LogP contribution in [0.4, 0.5) is 5.13 Å². The average molecular weight is 429 g/mol. The average Bonchev–Trinajstić information content (AvgIpc) is 3.01. The van der Waals surface area contributed by atoms with E-state index in [1.807, 2.05) is 0 Å². The summed E-state index contributed by atoms with van der Waals surface area (Å²) in [5.41, 5.74) is 0.741. The van der Waals surface area contributed by atoms with Crippen LogP contribution in [0.5, 0.6) is 0 Å². The molecule has 5 nitrogen and oxygen atoms in total. The van der Waals surface area contributed by atoms with E-state index in [1.165, 1.54) is 23.5 Å². The van der Waals surface area contributed by atoms with Gasteiger partial charge in [0.05, 0.1) is 24.9 Å². The summed E-state index contributed by atoms with van der Waals surface area (Å²) in [5, 5.41) is 3.16. The minimum Gasteiger partial charge on any atom is -0.298 e. The lowest BCUT2D eigenvalue weighted by Gasteiger charge is -2.09. The molecule has 2 aromatic carbocycles. The van der Waals surface area contributed by atoms with Crippen LogP contribution < -0.4 is 5.32 Å². The van der Waals surface area contributed by atoms with Crippen LogP contribution in [0.1, 0.15) is 24.2 Å². The van der Waals surface area contributed by atoms with Gasteiger partial charge in [0.1, 0.15) is 5.52 Å². The van der Waals surface area contributed by atoms with Gasteiger partial charge in [0.2, 0.25) is 0 Å². The van der Waals surface area contributed by atoms with E-state index < -0.39 is 21.0 Å². The van der Waals surface area contributed by atoms with E-state index in [4.69, 9.17) is 23.2 Å². The molecular weight excluding hydrogens is 415 g/mol. The van der Waals surface area contributed by atoms with Crippen molar-refractivity contribution < 1.29 is 13.2 Å².